The van der Waals surface area contributed by atoms with Gasteiger partial charge in [-0.05, 0) is 6.42 Å². The number of alkyl halides is 1. The molecule has 0 unspecified atom stereocenters. The van der Waals surface area contributed by atoms with Crippen LogP contribution in [0.15, 0.2) is 0 Å². The molecule has 0 rings (SSSR count). The zero-order valence-corrected chi connectivity index (χ0v) is 8.28. The Morgan fingerprint density at radius 2 is 2.00 bits per heavy atom. The van der Waals surface area contributed by atoms with E-state index in [0.717, 1.165) is 12.8 Å². The second kappa shape index (κ2) is 8.62. The van der Waals surface area contributed by atoms with Gasteiger partial charge in [0, 0.05) is 31.6 Å². The lowest BCUT2D eigenvalue weighted by atomic mass is 10.2. The number of Topliss-reactive ketones (excluding diaryl/α,β-unsaturated/α-hetero) is 1. The third-order valence-electron chi connectivity index (χ3n) is 1.48. The molecular weight excluding hydrogens is 172 g/mol. The molecule has 0 aromatic rings. The van der Waals surface area contributed by atoms with E-state index in [1.165, 1.54) is 0 Å². The Morgan fingerprint density at radius 3 is 2.58 bits per heavy atom. The Bertz CT molecular complexity index is 176. The molecule has 0 aromatic heterocycles. The number of carbonyl (C=O) groups is 1. The first-order valence-electron chi connectivity index (χ1n) is 4.34. The predicted molar refractivity (Wildman–Crippen MR) is 52.3 cm³/mol. The highest BCUT2D eigenvalue weighted by Gasteiger charge is 1.93. The number of rotatable bonds is 5. The van der Waals surface area contributed by atoms with Gasteiger partial charge in [-0.2, -0.15) is 0 Å². The van der Waals surface area contributed by atoms with Gasteiger partial charge in [0.05, 0.1) is 0 Å². The summed E-state index contributed by atoms with van der Waals surface area (Å²) in [5, 5.41) is 0. The largest absolute Gasteiger partial charge is 0.300 e. The third-order valence-corrected chi connectivity index (χ3v) is 1.75. The second-order valence-corrected chi connectivity index (χ2v) is 2.92. The maximum atomic E-state index is 10.8. The SMILES string of the molecule is CCC(=O)CCC#CCCCCl. The van der Waals surface area contributed by atoms with Crippen LogP contribution in [0.1, 0.15) is 39.0 Å². The minimum atomic E-state index is 0.293. The summed E-state index contributed by atoms with van der Waals surface area (Å²) in [6.07, 6.45) is 3.72. The lowest BCUT2D eigenvalue weighted by molar-refractivity contribution is -0.118. The molecule has 0 aliphatic carbocycles. The van der Waals surface area contributed by atoms with Gasteiger partial charge in [-0.3, -0.25) is 4.79 Å². The van der Waals surface area contributed by atoms with Crippen LogP contribution in [0.5, 0.6) is 0 Å². The summed E-state index contributed by atoms with van der Waals surface area (Å²) < 4.78 is 0. The van der Waals surface area contributed by atoms with E-state index in [9.17, 15) is 4.79 Å². The number of hydrogen-bond acceptors (Lipinski definition) is 1. The molecule has 0 aliphatic heterocycles. The minimum Gasteiger partial charge on any atom is -0.300 e. The summed E-state index contributed by atoms with van der Waals surface area (Å²) in [4.78, 5) is 10.8. The lowest BCUT2D eigenvalue weighted by Gasteiger charge is -1.88. The molecule has 0 atom stereocenters. The summed E-state index contributed by atoms with van der Waals surface area (Å²) in [7, 11) is 0. The topological polar surface area (TPSA) is 17.1 Å². The fraction of sp³-hybridized carbons (Fsp3) is 0.700. The van der Waals surface area contributed by atoms with Crippen LogP contribution < -0.4 is 0 Å². The quantitative estimate of drug-likeness (QED) is 0.367. The van der Waals surface area contributed by atoms with E-state index in [1.807, 2.05) is 6.92 Å². The number of ketones is 1. The van der Waals surface area contributed by atoms with Crippen molar-refractivity contribution >= 4 is 17.4 Å². The van der Waals surface area contributed by atoms with Crippen LogP contribution in [-0.4, -0.2) is 11.7 Å². The first-order chi connectivity index (χ1) is 5.81. The molecule has 0 N–H and O–H groups in total. The van der Waals surface area contributed by atoms with Crippen LogP contribution in [0.4, 0.5) is 0 Å². The molecule has 0 aromatic carbocycles. The monoisotopic (exact) mass is 186 g/mol. The Balaban J connectivity index is 3.27. The van der Waals surface area contributed by atoms with E-state index in [1.54, 1.807) is 0 Å². The van der Waals surface area contributed by atoms with E-state index < -0.39 is 0 Å². The molecule has 2 heteroatoms. The van der Waals surface area contributed by atoms with Gasteiger partial charge in [0.1, 0.15) is 5.78 Å². The third kappa shape index (κ3) is 7.63. The van der Waals surface area contributed by atoms with Gasteiger partial charge in [-0.25, -0.2) is 0 Å². The average Bonchev–Trinajstić information content (AvgIpc) is 2.10. The Morgan fingerprint density at radius 1 is 1.33 bits per heavy atom. The highest BCUT2D eigenvalue weighted by Crippen LogP contribution is 1.94. The van der Waals surface area contributed by atoms with Gasteiger partial charge in [0.15, 0.2) is 0 Å². The molecule has 68 valence electrons. The van der Waals surface area contributed by atoms with Crippen molar-refractivity contribution in [2.45, 2.75) is 39.0 Å². The van der Waals surface area contributed by atoms with E-state index in [4.69, 9.17) is 11.6 Å². The van der Waals surface area contributed by atoms with Crippen LogP contribution in [0.25, 0.3) is 0 Å². The molecule has 0 radical (unpaired) electrons. The first-order valence-corrected chi connectivity index (χ1v) is 4.88. The van der Waals surface area contributed by atoms with Crippen molar-refractivity contribution in [2.75, 3.05) is 5.88 Å². The zero-order valence-electron chi connectivity index (χ0n) is 7.53. The second-order valence-electron chi connectivity index (χ2n) is 2.54. The maximum absolute atomic E-state index is 10.8. The van der Waals surface area contributed by atoms with E-state index in [2.05, 4.69) is 11.8 Å². The summed E-state index contributed by atoms with van der Waals surface area (Å²) in [5.41, 5.74) is 0. The van der Waals surface area contributed by atoms with Crippen molar-refractivity contribution in [3.63, 3.8) is 0 Å². The average molecular weight is 187 g/mol. The summed E-state index contributed by atoms with van der Waals surface area (Å²) in [6, 6.07) is 0. The van der Waals surface area contributed by atoms with Crippen molar-refractivity contribution in [3.8, 4) is 11.8 Å². The molecule has 0 spiro atoms. The zero-order chi connectivity index (χ0) is 9.23. The number of hydrogen-bond donors (Lipinski definition) is 0. The van der Waals surface area contributed by atoms with Gasteiger partial charge >= 0.3 is 0 Å². The van der Waals surface area contributed by atoms with Crippen LogP contribution in [-0.2, 0) is 4.79 Å². The fourth-order valence-corrected chi connectivity index (χ4v) is 0.844. The number of carbonyl (C=O) groups excluding carboxylic acids is 1. The maximum Gasteiger partial charge on any atom is 0.133 e. The minimum absolute atomic E-state index is 0.293. The molecule has 0 bridgehead atoms. The highest BCUT2D eigenvalue weighted by molar-refractivity contribution is 6.17. The molecule has 0 saturated carbocycles. The van der Waals surface area contributed by atoms with Crippen LogP contribution in [0, 0.1) is 11.8 Å². The van der Waals surface area contributed by atoms with Gasteiger partial charge < -0.3 is 0 Å². The van der Waals surface area contributed by atoms with E-state index in [-0.39, 0.29) is 0 Å². The molecule has 1 nitrogen and oxygen atoms in total. The smallest absolute Gasteiger partial charge is 0.133 e. The molecule has 12 heavy (non-hydrogen) atoms. The molecule has 0 saturated heterocycles. The Hall–Kier alpha value is -0.480. The van der Waals surface area contributed by atoms with Crippen molar-refractivity contribution in [1.29, 1.82) is 0 Å². The first kappa shape index (κ1) is 11.5. The summed E-state index contributed by atoms with van der Waals surface area (Å²) in [5.74, 6) is 6.90. The van der Waals surface area contributed by atoms with Gasteiger partial charge in [0.2, 0.25) is 0 Å². The van der Waals surface area contributed by atoms with Crippen molar-refractivity contribution < 1.29 is 4.79 Å². The van der Waals surface area contributed by atoms with Gasteiger partial charge in [0.25, 0.3) is 0 Å². The van der Waals surface area contributed by atoms with E-state index in [0.29, 0.717) is 30.9 Å². The molecule has 0 heterocycles. The Labute approximate surface area is 79.5 Å². The number of halogens is 1. The van der Waals surface area contributed by atoms with Crippen molar-refractivity contribution in [1.82, 2.24) is 0 Å². The highest BCUT2D eigenvalue weighted by atomic mass is 35.5. The summed E-state index contributed by atoms with van der Waals surface area (Å²) in [6.45, 7) is 1.88. The molecule has 0 amide bonds. The Kier molecular flexibility index (Phi) is 8.27. The summed E-state index contributed by atoms with van der Waals surface area (Å²) >= 11 is 5.47. The van der Waals surface area contributed by atoms with Gasteiger partial charge in [-0.15, -0.1) is 23.4 Å². The number of unbranched alkanes of at least 4 members (excludes halogenated alkanes) is 1. The molecular formula is C10H15ClO. The van der Waals surface area contributed by atoms with Gasteiger partial charge in [-0.1, -0.05) is 6.92 Å². The van der Waals surface area contributed by atoms with Crippen LogP contribution >= 0.6 is 11.6 Å². The standard InChI is InChI=1S/C10H15ClO/c1-2-10(12)8-6-4-3-5-7-9-11/h2,5-9H2,1H3. The van der Waals surface area contributed by atoms with Crippen LogP contribution in [0.2, 0.25) is 0 Å². The lowest BCUT2D eigenvalue weighted by Crippen LogP contribution is -1.92. The van der Waals surface area contributed by atoms with Crippen LogP contribution in [0.3, 0.4) is 0 Å². The van der Waals surface area contributed by atoms with Crippen molar-refractivity contribution in [2.24, 2.45) is 0 Å². The van der Waals surface area contributed by atoms with Crippen molar-refractivity contribution in [3.05, 3.63) is 0 Å². The normalized spacial score (nSPS) is 8.83. The van der Waals surface area contributed by atoms with E-state index >= 15 is 0 Å². The fourth-order valence-electron chi connectivity index (χ4n) is 0.711. The molecule has 0 fully saturated rings. The predicted octanol–water partition coefficient (Wildman–Crippen LogP) is 2.77. The molecule has 0 aliphatic rings.